The average molecular weight is 582 g/mol. The van der Waals surface area contributed by atoms with Crippen molar-refractivity contribution in [1.82, 2.24) is 8.75 Å². The molecule has 2 rings (SSSR count). The minimum atomic E-state index is -0.575. The number of quaternary nitrogens is 1. The van der Waals surface area contributed by atoms with Gasteiger partial charge in [-0.2, -0.15) is 4.37 Å². The summed E-state index contributed by atoms with van der Waals surface area (Å²) in [5.41, 5.74) is 1.94. The van der Waals surface area contributed by atoms with Crippen LogP contribution in [0, 0.1) is 5.92 Å². The lowest BCUT2D eigenvalue weighted by Gasteiger charge is -2.44. The van der Waals surface area contributed by atoms with E-state index in [0.29, 0.717) is 30.1 Å². The molecule has 0 fully saturated rings. The van der Waals surface area contributed by atoms with Crippen molar-refractivity contribution in [2.75, 3.05) is 33.4 Å². The molecule has 1 aliphatic heterocycles. The van der Waals surface area contributed by atoms with E-state index in [1.807, 2.05) is 0 Å². The molecule has 0 saturated heterocycles. The molecule has 0 saturated carbocycles. The highest BCUT2D eigenvalue weighted by Gasteiger charge is 2.41. The maximum absolute atomic E-state index is 12.3. The van der Waals surface area contributed by atoms with Crippen LogP contribution in [0.3, 0.4) is 0 Å². The summed E-state index contributed by atoms with van der Waals surface area (Å²) in [5, 5.41) is 0. The predicted molar refractivity (Wildman–Crippen MR) is 124 cm³/mol. The molecule has 0 N–H and O–H groups in total. The first kappa shape index (κ1) is 29.1. The van der Waals surface area contributed by atoms with E-state index in [-0.39, 0.29) is 36.1 Å². The zero-order chi connectivity index (χ0) is 22.7. The second-order valence-electron chi connectivity index (χ2n) is 8.91. The van der Waals surface area contributed by atoms with Crippen LogP contribution < -0.4 is 28.7 Å². The molecule has 1 aromatic rings. The van der Waals surface area contributed by atoms with Crippen molar-refractivity contribution in [3.05, 3.63) is 11.8 Å². The molecular formula is C23H40IN3O4S. The first-order chi connectivity index (χ1) is 14.9. The lowest BCUT2D eigenvalue weighted by Crippen LogP contribution is -3.00. The lowest BCUT2D eigenvalue weighted by molar-refractivity contribution is -0.950. The maximum Gasteiger partial charge on any atom is 0.512 e. The number of hydrogen-bond acceptors (Lipinski definition) is 7. The molecule has 0 radical (unpaired) electrons. The Kier molecular flexibility index (Phi) is 13.7. The average Bonchev–Trinajstić information content (AvgIpc) is 3.20. The summed E-state index contributed by atoms with van der Waals surface area (Å²) in [7, 11) is 2.14. The lowest BCUT2D eigenvalue weighted by atomic mass is 10.0. The van der Waals surface area contributed by atoms with Gasteiger partial charge in [0.1, 0.15) is 12.2 Å². The Hall–Kier alpha value is -0.940. The van der Waals surface area contributed by atoms with Gasteiger partial charge in [-0.25, -0.2) is 4.79 Å². The quantitative estimate of drug-likeness (QED) is 0.155. The molecule has 7 nitrogen and oxygen atoms in total. The molecule has 0 aliphatic carbocycles. The first-order valence-electron chi connectivity index (χ1n) is 11.7. The van der Waals surface area contributed by atoms with Crippen molar-refractivity contribution in [3.8, 4) is 5.88 Å². The molecule has 0 amide bonds. The topological polar surface area (TPSA) is 70.5 Å². The number of likely N-dealkylation sites (N-methyl/N-ethyl adjacent to an activating group) is 1. The fraction of sp³-hybridized carbons (Fsp3) is 0.783. The van der Waals surface area contributed by atoms with Crippen LogP contribution in [0.4, 0.5) is 4.79 Å². The first-order valence-corrected chi connectivity index (χ1v) is 12.5. The van der Waals surface area contributed by atoms with Crippen molar-refractivity contribution >= 4 is 23.5 Å². The Morgan fingerprint density at radius 1 is 1.12 bits per heavy atom. The third kappa shape index (κ3) is 8.78. The van der Waals surface area contributed by atoms with Crippen LogP contribution in [0.25, 0.3) is 5.57 Å². The molecule has 2 atom stereocenters. The van der Waals surface area contributed by atoms with Gasteiger partial charge >= 0.3 is 6.16 Å². The largest absolute Gasteiger partial charge is 1.00 e. The van der Waals surface area contributed by atoms with Crippen molar-refractivity contribution in [2.24, 2.45) is 5.92 Å². The van der Waals surface area contributed by atoms with Crippen molar-refractivity contribution in [1.29, 1.82) is 0 Å². The molecule has 0 spiro atoms. The van der Waals surface area contributed by atoms with Gasteiger partial charge in [0.05, 0.1) is 38.5 Å². The molecule has 0 aromatic carbocycles. The molecule has 1 aromatic heterocycles. The maximum atomic E-state index is 12.3. The summed E-state index contributed by atoms with van der Waals surface area (Å²) >= 11 is 1.19. The minimum Gasteiger partial charge on any atom is -1.00 e. The Morgan fingerprint density at radius 2 is 1.88 bits per heavy atom. The van der Waals surface area contributed by atoms with Gasteiger partial charge < -0.3 is 38.2 Å². The van der Waals surface area contributed by atoms with E-state index in [1.165, 1.54) is 31.0 Å². The smallest absolute Gasteiger partial charge is 0.512 e. The van der Waals surface area contributed by atoms with Crippen LogP contribution in [0.2, 0.25) is 0 Å². The van der Waals surface area contributed by atoms with Gasteiger partial charge in [-0.1, -0.05) is 59.5 Å². The van der Waals surface area contributed by atoms with Crippen LogP contribution >= 0.6 is 11.7 Å². The third-order valence-electron chi connectivity index (χ3n) is 5.68. The molecule has 1 aliphatic rings. The Bertz CT molecular complexity index is 713. The molecule has 2 heterocycles. The summed E-state index contributed by atoms with van der Waals surface area (Å²) in [5.74, 6) is 0.785. The molecule has 2 unspecified atom stereocenters. The number of hydrogen-bond donors (Lipinski definition) is 0. The van der Waals surface area contributed by atoms with E-state index in [4.69, 9.17) is 14.2 Å². The zero-order valence-corrected chi connectivity index (χ0v) is 23.2. The predicted octanol–water partition coefficient (Wildman–Crippen LogP) is 2.67. The van der Waals surface area contributed by atoms with Gasteiger partial charge in [0.2, 0.25) is 6.23 Å². The zero-order valence-electron chi connectivity index (χ0n) is 20.3. The Labute approximate surface area is 214 Å². The second-order valence-corrected chi connectivity index (χ2v) is 9.44. The SMILES string of the molecule is CCCCCCOc1nsnc1C1=CCC[N+](C)(C(OC(=O)OCCCC)C(C)C)C1.[I-]. The number of ether oxygens (including phenoxy) is 3. The normalized spacial score (nSPS) is 19.1. The number of nitrogens with zero attached hydrogens (tertiary/aromatic N) is 3. The van der Waals surface area contributed by atoms with E-state index in [0.717, 1.165) is 43.5 Å². The highest BCUT2D eigenvalue weighted by molar-refractivity contribution is 6.99. The fourth-order valence-electron chi connectivity index (χ4n) is 4.04. The molecule has 9 heteroatoms. The number of halogens is 1. The van der Waals surface area contributed by atoms with Gasteiger partial charge in [0, 0.05) is 17.9 Å². The summed E-state index contributed by atoms with van der Waals surface area (Å²) in [4.78, 5) is 12.3. The van der Waals surface area contributed by atoms with Gasteiger partial charge in [-0.15, -0.1) is 4.37 Å². The molecular weight excluding hydrogens is 541 g/mol. The van der Waals surface area contributed by atoms with Crippen molar-refractivity contribution < 1.29 is 47.5 Å². The number of aromatic nitrogens is 2. The van der Waals surface area contributed by atoms with Crippen molar-refractivity contribution in [3.63, 3.8) is 0 Å². The highest BCUT2D eigenvalue weighted by Crippen LogP contribution is 2.33. The molecule has 0 bridgehead atoms. The summed E-state index contributed by atoms with van der Waals surface area (Å²) in [6.45, 7) is 11.1. The minimum absolute atomic E-state index is 0. The number of carbonyl (C=O) groups excluding carboxylic acids is 1. The molecule has 184 valence electrons. The van der Waals surface area contributed by atoms with E-state index in [9.17, 15) is 4.79 Å². The van der Waals surface area contributed by atoms with Gasteiger partial charge in [0.15, 0.2) is 0 Å². The number of carbonyl (C=O) groups is 1. The fourth-order valence-corrected chi connectivity index (χ4v) is 4.57. The van der Waals surface area contributed by atoms with Gasteiger partial charge in [0.25, 0.3) is 5.88 Å². The summed E-state index contributed by atoms with van der Waals surface area (Å²) < 4.78 is 26.5. The second kappa shape index (κ2) is 15.1. The van der Waals surface area contributed by atoms with E-state index in [2.05, 4.69) is 49.6 Å². The van der Waals surface area contributed by atoms with E-state index >= 15 is 0 Å². The van der Waals surface area contributed by atoms with Gasteiger partial charge in [-0.05, 0) is 12.8 Å². The number of unbranched alkanes of at least 4 members (excludes halogenated alkanes) is 4. The van der Waals surface area contributed by atoms with Crippen LogP contribution in [-0.4, -0.2) is 59.0 Å². The standard InChI is InChI=1S/C23H40N3O4S.HI/c1-6-8-10-11-16-28-21-20(24-31-25-21)19-13-12-14-26(5,17-19)22(18(3)4)30-23(27)29-15-9-7-2;/h13,18,22H,6-12,14-17H2,1-5H3;1H/q+1;/p-1. The Morgan fingerprint density at radius 3 is 2.56 bits per heavy atom. The van der Waals surface area contributed by atoms with Crippen molar-refractivity contribution in [2.45, 2.75) is 78.9 Å². The monoisotopic (exact) mass is 581 g/mol. The molecule has 32 heavy (non-hydrogen) atoms. The third-order valence-corrected chi connectivity index (χ3v) is 6.19. The summed E-state index contributed by atoms with van der Waals surface area (Å²) in [6, 6.07) is 0. The number of rotatable bonds is 13. The van der Waals surface area contributed by atoms with Crippen LogP contribution in [0.15, 0.2) is 6.08 Å². The Balaban J connectivity index is 0.00000512. The van der Waals surface area contributed by atoms with E-state index in [1.54, 1.807) is 0 Å². The van der Waals surface area contributed by atoms with Crippen LogP contribution in [-0.2, 0) is 9.47 Å². The van der Waals surface area contributed by atoms with E-state index < -0.39 is 6.16 Å². The summed E-state index contributed by atoms with van der Waals surface area (Å²) in [6.07, 6.45) is 8.70. The van der Waals surface area contributed by atoms with Crippen LogP contribution in [0.5, 0.6) is 5.88 Å². The van der Waals surface area contributed by atoms with Gasteiger partial charge in [-0.3, -0.25) is 4.48 Å². The highest BCUT2D eigenvalue weighted by atomic mass is 127. The van der Waals surface area contributed by atoms with Crippen LogP contribution in [0.1, 0.15) is 78.3 Å².